The van der Waals surface area contributed by atoms with Gasteiger partial charge in [-0.05, 0) is 92.7 Å². The molecular formula is C30H29ClF8N2O6S. The number of halogens is 9. The molecule has 8 nitrogen and oxygen atoms in total. The molecule has 264 valence electrons. The molecule has 0 radical (unpaired) electrons. The molecule has 2 heterocycles. The van der Waals surface area contributed by atoms with E-state index in [0.29, 0.717) is 44.4 Å². The Bertz CT molecular complexity index is 1680. The smallest absolute Gasteiger partial charge is 0.487 e. The van der Waals surface area contributed by atoms with E-state index in [4.69, 9.17) is 26.2 Å². The summed E-state index contributed by atoms with van der Waals surface area (Å²) in [7, 11) is -3.82. The molecule has 48 heavy (non-hydrogen) atoms. The molecule has 2 bridgehead atoms. The van der Waals surface area contributed by atoms with Crippen LogP contribution in [0.15, 0.2) is 24.3 Å². The third-order valence-corrected chi connectivity index (χ3v) is 10.8. The number of carbonyl (C=O) groups is 2. The van der Waals surface area contributed by atoms with Crippen LogP contribution in [0.4, 0.5) is 35.1 Å². The van der Waals surface area contributed by atoms with Gasteiger partial charge in [0.15, 0.2) is 11.6 Å². The zero-order valence-electron chi connectivity index (χ0n) is 24.8. The number of ether oxygens (including phenoxy) is 1. The van der Waals surface area contributed by atoms with E-state index in [1.807, 2.05) is 4.72 Å². The van der Waals surface area contributed by atoms with Gasteiger partial charge < -0.3 is 9.84 Å². The topological polar surface area (TPSA) is 113 Å². The van der Waals surface area contributed by atoms with Gasteiger partial charge >= 0.3 is 18.3 Å². The van der Waals surface area contributed by atoms with Gasteiger partial charge in [-0.1, -0.05) is 11.6 Å². The maximum absolute atomic E-state index is 15.2. The summed E-state index contributed by atoms with van der Waals surface area (Å²) in [6.45, 7) is 0.400. The number of amides is 1. The van der Waals surface area contributed by atoms with Gasteiger partial charge in [-0.15, -0.1) is 0 Å². The highest BCUT2D eigenvalue weighted by Gasteiger charge is 2.43. The average Bonchev–Trinajstić information content (AvgIpc) is 3.88. The molecule has 18 heteroatoms. The van der Waals surface area contributed by atoms with Crippen LogP contribution < -0.4 is 9.46 Å². The molecule has 4 fully saturated rings. The van der Waals surface area contributed by atoms with Gasteiger partial charge in [-0.25, -0.2) is 26.7 Å². The van der Waals surface area contributed by atoms with Crippen LogP contribution in [-0.4, -0.2) is 59.9 Å². The summed E-state index contributed by atoms with van der Waals surface area (Å²) < 4.78 is 133. The summed E-state index contributed by atoms with van der Waals surface area (Å²) in [6.07, 6.45) is -5.08. The van der Waals surface area contributed by atoms with E-state index in [9.17, 15) is 43.9 Å². The Kier molecular flexibility index (Phi) is 9.98. The van der Waals surface area contributed by atoms with E-state index in [1.165, 1.54) is 12.1 Å². The molecule has 0 spiro atoms. The molecule has 2 N–H and O–H groups in total. The standard InChI is InChI=1S/C28H28ClF5N2O4S.C2HF3O2/c29-23-8-16(28(32,33)34)9-25(26(23)31)40-19-10-17-3-4-18(11-19)36(17)13-15-7-24(30)22(12-21(15)14-1-2-14)27(37)35-41(38,39)20-5-6-20;3-2(4,5)1(6)7/h7-9,12,14,17-20H,1-6,10-11,13H2,(H,35,37);(H,6,7)/t17-,18+,19?;. The number of sulfonamides is 1. The molecule has 6 rings (SSSR count). The van der Waals surface area contributed by atoms with Crippen molar-refractivity contribution in [2.24, 2.45) is 0 Å². The third kappa shape index (κ3) is 8.33. The predicted molar refractivity (Wildman–Crippen MR) is 154 cm³/mol. The minimum atomic E-state index is -5.08. The molecule has 2 aromatic carbocycles. The summed E-state index contributed by atoms with van der Waals surface area (Å²) in [5.74, 6) is -5.93. The Balaban J connectivity index is 0.000000582. The van der Waals surface area contributed by atoms with E-state index in [-0.39, 0.29) is 23.6 Å². The fourth-order valence-electron chi connectivity index (χ4n) is 6.13. The molecule has 1 amide bonds. The van der Waals surface area contributed by atoms with Crippen molar-refractivity contribution in [3.63, 3.8) is 0 Å². The van der Waals surface area contributed by atoms with Crippen LogP contribution in [0.3, 0.4) is 0 Å². The van der Waals surface area contributed by atoms with Crippen molar-refractivity contribution < 1.29 is 63.0 Å². The van der Waals surface area contributed by atoms with Crippen molar-refractivity contribution >= 4 is 33.5 Å². The molecule has 2 saturated carbocycles. The number of fused-ring (bicyclic) bond motifs is 2. The number of rotatable bonds is 8. The normalized spacial score (nSPS) is 22.9. The van der Waals surface area contributed by atoms with Gasteiger partial charge in [0.05, 0.1) is 21.4 Å². The predicted octanol–water partition coefficient (Wildman–Crippen LogP) is 6.94. The summed E-state index contributed by atoms with van der Waals surface area (Å²) in [5, 5.41) is 5.85. The number of carboxylic acids is 1. The number of hydrogen-bond acceptors (Lipinski definition) is 6. The fourth-order valence-corrected chi connectivity index (χ4v) is 7.63. The van der Waals surface area contributed by atoms with Crippen molar-refractivity contribution in [1.82, 2.24) is 9.62 Å². The fraction of sp³-hybridized carbons (Fsp3) is 0.533. The second kappa shape index (κ2) is 13.3. The quantitative estimate of drug-likeness (QED) is 0.283. The molecule has 2 aliphatic heterocycles. The number of alkyl halides is 6. The zero-order chi connectivity index (χ0) is 35.3. The van der Waals surface area contributed by atoms with Crippen LogP contribution >= 0.6 is 11.6 Å². The number of piperidine rings is 1. The number of aliphatic carboxylic acids is 1. The number of nitrogens with zero attached hydrogens (tertiary/aromatic N) is 1. The van der Waals surface area contributed by atoms with Gasteiger partial charge in [0, 0.05) is 18.6 Å². The van der Waals surface area contributed by atoms with Crippen molar-refractivity contribution in [1.29, 1.82) is 0 Å². The Labute approximate surface area is 274 Å². The Hall–Kier alpha value is -3.18. The molecule has 2 aromatic rings. The van der Waals surface area contributed by atoms with E-state index >= 15 is 4.39 Å². The summed E-state index contributed by atoms with van der Waals surface area (Å²) in [4.78, 5) is 23.8. The molecule has 1 unspecified atom stereocenters. The minimum absolute atomic E-state index is 0.00939. The molecule has 2 saturated heterocycles. The van der Waals surface area contributed by atoms with E-state index < -0.39 is 73.6 Å². The first-order chi connectivity index (χ1) is 22.2. The van der Waals surface area contributed by atoms with Crippen LogP contribution in [0.2, 0.25) is 5.02 Å². The van der Waals surface area contributed by atoms with Gasteiger partial charge in [0.1, 0.15) is 11.9 Å². The molecule has 4 aliphatic rings. The zero-order valence-corrected chi connectivity index (χ0v) is 26.4. The Morgan fingerprint density at radius 2 is 1.52 bits per heavy atom. The number of carboxylic acid groups (broad SMARTS) is 1. The Morgan fingerprint density at radius 1 is 0.938 bits per heavy atom. The van der Waals surface area contributed by atoms with E-state index in [2.05, 4.69) is 4.90 Å². The van der Waals surface area contributed by atoms with Crippen LogP contribution in [0, 0.1) is 11.6 Å². The molecule has 3 atom stereocenters. The highest BCUT2D eigenvalue weighted by molar-refractivity contribution is 7.91. The van der Waals surface area contributed by atoms with Gasteiger partial charge in [-0.2, -0.15) is 26.3 Å². The van der Waals surface area contributed by atoms with Gasteiger partial charge in [-0.3, -0.25) is 9.69 Å². The summed E-state index contributed by atoms with van der Waals surface area (Å²) in [5.41, 5.74) is 0.158. The number of hydrogen-bond donors (Lipinski definition) is 2. The van der Waals surface area contributed by atoms with Gasteiger partial charge in [0.2, 0.25) is 10.0 Å². The van der Waals surface area contributed by atoms with Crippen LogP contribution in [0.25, 0.3) is 0 Å². The lowest BCUT2D eigenvalue weighted by Crippen LogP contribution is -2.46. The van der Waals surface area contributed by atoms with Crippen molar-refractivity contribution in [3.8, 4) is 5.75 Å². The highest BCUT2D eigenvalue weighted by Crippen LogP contribution is 2.45. The SMILES string of the molecule is O=C(NS(=O)(=O)C1CC1)c1cc(C2CC2)c(CN2[C@@H]3CC[C@H]2CC(Oc2cc(C(F)(F)F)cc(Cl)c2F)C3)cc1F.O=C(O)C(F)(F)F. The number of benzene rings is 2. The lowest BCUT2D eigenvalue weighted by atomic mass is 9.95. The first-order valence-electron chi connectivity index (χ1n) is 14.9. The van der Waals surface area contributed by atoms with E-state index in [1.54, 1.807) is 0 Å². The van der Waals surface area contributed by atoms with Gasteiger partial charge in [0.25, 0.3) is 5.91 Å². The average molecular weight is 733 g/mol. The number of nitrogens with one attached hydrogen (secondary N) is 1. The summed E-state index contributed by atoms with van der Waals surface area (Å²) >= 11 is 5.71. The van der Waals surface area contributed by atoms with Crippen molar-refractivity contribution in [2.45, 2.75) is 99.6 Å². The monoisotopic (exact) mass is 732 g/mol. The maximum Gasteiger partial charge on any atom is 0.490 e. The van der Waals surface area contributed by atoms with E-state index in [0.717, 1.165) is 36.8 Å². The first-order valence-corrected chi connectivity index (χ1v) is 16.8. The molecule has 2 aliphatic carbocycles. The Morgan fingerprint density at radius 3 is 2.02 bits per heavy atom. The number of carbonyl (C=O) groups excluding carboxylic acids is 1. The lowest BCUT2D eigenvalue weighted by molar-refractivity contribution is -0.192. The second-order valence-electron chi connectivity index (χ2n) is 12.3. The summed E-state index contributed by atoms with van der Waals surface area (Å²) in [6, 6.07) is 3.93. The van der Waals surface area contributed by atoms with Crippen molar-refractivity contribution in [3.05, 3.63) is 63.2 Å². The highest BCUT2D eigenvalue weighted by atomic mass is 35.5. The largest absolute Gasteiger partial charge is 0.490 e. The van der Waals surface area contributed by atoms with Crippen LogP contribution in [0.5, 0.6) is 5.75 Å². The van der Waals surface area contributed by atoms with Crippen LogP contribution in [0.1, 0.15) is 84.3 Å². The van der Waals surface area contributed by atoms with Crippen LogP contribution in [-0.2, 0) is 27.5 Å². The molecular weight excluding hydrogens is 704 g/mol. The third-order valence-electron chi connectivity index (χ3n) is 8.74. The second-order valence-corrected chi connectivity index (χ2v) is 14.7. The maximum atomic E-state index is 15.2. The first kappa shape index (κ1) is 36.1. The lowest BCUT2D eigenvalue weighted by Gasteiger charge is -2.39. The minimum Gasteiger partial charge on any atom is -0.487 e. The molecule has 0 aromatic heterocycles. The van der Waals surface area contributed by atoms with Crippen molar-refractivity contribution in [2.75, 3.05) is 0 Å².